The van der Waals surface area contributed by atoms with Gasteiger partial charge in [0.15, 0.2) is 10.7 Å². The van der Waals surface area contributed by atoms with Gasteiger partial charge in [-0.15, -0.1) is 0 Å². The molecule has 0 radical (unpaired) electrons. The molecule has 2 N–H and O–H groups in total. The number of hydrogen-bond acceptors (Lipinski definition) is 4. The van der Waals surface area contributed by atoms with E-state index in [2.05, 4.69) is 39.9 Å². The summed E-state index contributed by atoms with van der Waals surface area (Å²) in [7, 11) is 0. The van der Waals surface area contributed by atoms with Gasteiger partial charge in [-0.3, -0.25) is 4.79 Å². The van der Waals surface area contributed by atoms with Crippen LogP contribution in [0.15, 0.2) is 77.2 Å². The zero-order chi connectivity index (χ0) is 20.2. The minimum absolute atomic E-state index is 0.133. The van der Waals surface area contributed by atoms with Gasteiger partial charge in [0.05, 0.1) is 0 Å². The molecule has 0 aliphatic rings. The summed E-state index contributed by atoms with van der Waals surface area (Å²) in [6, 6.07) is 23.8. The highest BCUT2D eigenvalue weighted by molar-refractivity contribution is 7.80. The molecule has 5 nitrogen and oxygen atoms in total. The first-order chi connectivity index (χ1) is 14.1. The molecule has 3 aromatic carbocycles. The van der Waals surface area contributed by atoms with Crippen molar-refractivity contribution in [3.8, 4) is 22.6 Å². The Hall–Kier alpha value is -3.51. The molecule has 29 heavy (non-hydrogen) atoms. The van der Waals surface area contributed by atoms with E-state index < -0.39 is 0 Å². The van der Waals surface area contributed by atoms with Crippen LogP contribution in [0.1, 0.15) is 13.3 Å². The van der Waals surface area contributed by atoms with Crippen LogP contribution in [-0.2, 0) is 4.79 Å². The van der Waals surface area contributed by atoms with Crippen molar-refractivity contribution in [1.82, 2.24) is 10.3 Å². The Bertz CT molecular complexity index is 1170. The number of rotatable bonds is 4. The first-order valence-corrected chi connectivity index (χ1v) is 9.70. The zero-order valence-electron chi connectivity index (χ0n) is 15.8. The van der Waals surface area contributed by atoms with Crippen molar-refractivity contribution >= 4 is 40.0 Å². The number of benzene rings is 3. The van der Waals surface area contributed by atoms with Crippen molar-refractivity contribution in [2.45, 2.75) is 13.3 Å². The van der Waals surface area contributed by atoms with Crippen molar-refractivity contribution < 1.29 is 9.21 Å². The van der Waals surface area contributed by atoms with Crippen molar-refractivity contribution in [3.05, 3.63) is 72.8 Å². The minimum Gasteiger partial charge on any atom is -0.436 e. The molecule has 6 heteroatoms. The summed E-state index contributed by atoms with van der Waals surface area (Å²) in [5.41, 5.74) is 5.33. The third kappa shape index (κ3) is 4.33. The van der Waals surface area contributed by atoms with E-state index in [4.69, 9.17) is 16.6 Å². The lowest BCUT2D eigenvalue weighted by molar-refractivity contribution is -0.119. The number of nitrogens with one attached hydrogen (secondary N) is 2. The van der Waals surface area contributed by atoms with E-state index in [1.54, 1.807) is 6.92 Å². The van der Waals surface area contributed by atoms with Gasteiger partial charge in [0, 0.05) is 17.7 Å². The van der Waals surface area contributed by atoms with E-state index in [0.717, 1.165) is 16.8 Å². The number of thiocarbonyl (C=S) groups is 1. The Morgan fingerprint density at radius 1 is 0.966 bits per heavy atom. The maximum atomic E-state index is 11.4. The summed E-state index contributed by atoms with van der Waals surface area (Å²) in [6.45, 7) is 1.77. The van der Waals surface area contributed by atoms with Crippen molar-refractivity contribution in [2.24, 2.45) is 0 Å². The molecule has 0 spiro atoms. The van der Waals surface area contributed by atoms with E-state index >= 15 is 0 Å². The van der Waals surface area contributed by atoms with Gasteiger partial charge in [-0.25, -0.2) is 4.98 Å². The Kier molecular flexibility index (Phi) is 5.35. The van der Waals surface area contributed by atoms with Crippen LogP contribution in [0.2, 0.25) is 0 Å². The van der Waals surface area contributed by atoms with E-state index in [-0.39, 0.29) is 11.0 Å². The van der Waals surface area contributed by atoms with E-state index in [1.807, 2.05) is 48.5 Å². The van der Waals surface area contributed by atoms with E-state index in [9.17, 15) is 4.79 Å². The van der Waals surface area contributed by atoms with Gasteiger partial charge in [-0.2, -0.15) is 0 Å². The van der Waals surface area contributed by atoms with Gasteiger partial charge < -0.3 is 15.1 Å². The summed E-state index contributed by atoms with van der Waals surface area (Å²) in [5, 5.41) is 5.87. The van der Waals surface area contributed by atoms with Crippen LogP contribution in [-0.4, -0.2) is 16.0 Å². The van der Waals surface area contributed by atoms with Gasteiger partial charge in [0.2, 0.25) is 11.8 Å². The molecule has 0 aliphatic carbocycles. The molecule has 1 aromatic heterocycles. The number of hydrogen-bond donors (Lipinski definition) is 2. The highest BCUT2D eigenvalue weighted by Gasteiger charge is 2.10. The highest BCUT2D eigenvalue weighted by Crippen LogP contribution is 2.28. The van der Waals surface area contributed by atoms with Crippen LogP contribution in [0.25, 0.3) is 33.7 Å². The van der Waals surface area contributed by atoms with E-state index in [1.165, 1.54) is 5.56 Å². The Morgan fingerprint density at radius 2 is 1.66 bits per heavy atom. The third-order valence-corrected chi connectivity index (χ3v) is 4.66. The Balaban J connectivity index is 1.54. The molecule has 0 unspecified atom stereocenters. The topological polar surface area (TPSA) is 67.2 Å². The predicted octanol–water partition coefficient (Wildman–Crippen LogP) is 5.38. The molecule has 0 fully saturated rings. The number of aromatic nitrogens is 1. The molecule has 0 saturated heterocycles. The number of anilines is 1. The summed E-state index contributed by atoms with van der Waals surface area (Å²) in [5.74, 6) is 0.421. The number of carbonyl (C=O) groups is 1. The van der Waals surface area contributed by atoms with Gasteiger partial charge in [0.25, 0.3) is 0 Å². The standard InChI is InChI=1S/C23H19N3O2S/c1-2-21(27)26-23(29)24-18-12-13-20-19(14-18)25-22(28-20)17-10-8-16(9-11-17)15-6-4-3-5-7-15/h3-14H,2H2,1H3,(H2,24,26,27,29). The number of carbonyl (C=O) groups excluding carboxylic acids is 1. The normalized spacial score (nSPS) is 10.7. The summed E-state index contributed by atoms with van der Waals surface area (Å²) < 4.78 is 5.90. The van der Waals surface area contributed by atoms with Crippen molar-refractivity contribution in [2.75, 3.05) is 5.32 Å². The molecule has 0 aliphatic heterocycles. The van der Waals surface area contributed by atoms with Gasteiger partial charge in [0.1, 0.15) is 5.52 Å². The second-order valence-corrected chi connectivity index (χ2v) is 6.91. The second kappa shape index (κ2) is 8.24. The minimum atomic E-state index is -0.133. The number of amides is 1. The molecule has 144 valence electrons. The molecule has 0 bridgehead atoms. The molecule has 0 saturated carbocycles. The van der Waals surface area contributed by atoms with Crippen molar-refractivity contribution in [1.29, 1.82) is 0 Å². The number of fused-ring (bicyclic) bond motifs is 1. The quantitative estimate of drug-likeness (QED) is 0.449. The molecular formula is C23H19N3O2S. The maximum Gasteiger partial charge on any atom is 0.227 e. The number of nitrogens with zero attached hydrogens (tertiary/aromatic N) is 1. The fourth-order valence-corrected chi connectivity index (χ4v) is 3.17. The van der Waals surface area contributed by atoms with Crippen molar-refractivity contribution in [3.63, 3.8) is 0 Å². The lowest BCUT2D eigenvalue weighted by atomic mass is 10.0. The van der Waals surface area contributed by atoms with Crippen LogP contribution in [0.4, 0.5) is 5.69 Å². The average Bonchev–Trinajstić information content (AvgIpc) is 3.17. The van der Waals surface area contributed by atoms with Crippen LogP contribution < -0.4 is 10.6 Å². The molecule has 0 atom stereocenters. The largest absolute Gasteiger partial charge is 0.436 e. The fourth-order valence-electron chi connectivity index (χ4n) is 2.94. The van der Waals surface area contributed by atoms with Crippen LogP contribution in [0.3, 0.4) is 0 Å². The Morgan fingerprint density at radius 3 is 2.38 bits per heavy atom. The van der Waals surface area contributed by atoms with E-state index in [0.29, 0.717) is 23.4 Å². The lowest BCUT2D eigenvalue weighted by Gasteiger charge is -2.08. The zero-order valence-corrected chi connectivity index (χ0v) is 16.6. The summed E-state index contributed by atoms with van der Waals surface area (Å²) >= 11 is 5.15. The highest BCUT2D eigenvalue weighted by atomic mass is 32.1. The molecular weight excluding hydrogens is 382 g/mol. The SMILES string of the molecule is CCC(=O)NC(=S)Nc1ccc2oc(-c3ccc(-c4ccccc4)cc3)nc2c1. The fraction of sp³-hybridized carbons (Fsp3) is 0.0870. The Labute approximate surface area is 173 Å². The smallest absolute Gasteiger partial charge is 0.227 e. The third-order valence-electron chi connectivity index (χ3n) is 4.46. The number of oxazole rings is 1. The summed E-state index contributed by atoms with van der Waals surface area (Å²) in [6.07, 6.45) is 0.372. The van der Waals surface area contributed by atoms with Gasteiger partial charge in [-0.1, -0.05) is 49.4 Å². The van der Waals surface area contributed by atoms with Crippen LogP contribution in [0.5, 0.6) is 0 Å². The monoisotopic (exact) mass is 401 g/mol. The molecule has 4 rings (SSSR count). The molecule has 1 amide bonds. The van der Waals surface area contributed by atoms with Crippen LogP contribution >= 0.6 is 12.2 Å². The summed E-state index contributed by atoms with van der Waals surface area (Å²) in [4.78, 5) is 16.0. The van der Waals surface area contributed by atoms with Gasteiger partial charge >= 0.3 is 0 Å². The first-order valence-electron chi connectivity index (χ1n) is 9.29. The molecule has 1 heterocycles. The second-order valence-electron chi connectivity index (χ2n) is 6.50. The average molecular weight is 401 g/mol. The van der Waals surface area contributed by atoms with Crippen LogP contribution in [0, 0.1) is 0 Å². The lowest BCUT2D eigenvalue weighted by Crippen LogP contribution is -2.33. The first kappa shape index (κ1) is 18.8. The van der Waals surface area contributed by atoms with Gasteiger partial charge in [-0.05, 0) is 53.7 Å². The predicted molar refractivity (Wildman–Crippen MR) is 120 cm³/mol. The molecule has 4 aromatic rings. The maximum absolute atomic E-state index is 11.4.